The fourth-order valence-electron chi connectivity index (χ4n) is 2.90. The quantitative estimate of drug-likeness (QED) is 0.930. The summed E-state index contributed by atoms with van der Waals surface area (Å²) >= 11 is 0. The molecule has 6 heteroatoms. The molecule has 1 N–H and O–H groups in total. The van der Waals surface area contributed by atoms with Gasteiger partial charge in [0.25, 0.3) is 0 Å². The fraction of sp³-hybridized carbons (Fsp3) is 0.533. The average molecular weight is 298 g/mol. The summed E-state index contributed by atoms with van der Waals surface area (Å²) < 4.78 is 38.5. The highest BCUT2D eigenvalue weighted by Gasteiger charge is 2.59. The zero-order valence-corrected chi connectivity index (χ0v) is 11.7. The number of halogens is 3. The van der Waals surface area contributed by atoms with Crippen LogP contribution in [0.1, 0.15) is 43.5 Å². The highest BCUT2D eigenvalue weighted by Crippen LogP contribution is 2.46. The lowest BCUT2D eigenvalue weighted by atomic mass is 10.1. The van der Waals surface area contributed by atoms with Crippen molar-refractivity contribution < 1.29 is 18.0 Å². The maximum atomic E-state index is 12.8. The highest BCUT2D eigenvalue weighted by atomic mass is 19.4. The van der Waals surface area contributed by atoms with E-state index in [4.69, 9.17) is 0 Å². The van der Waals surface area contributed by atoms with Crippen molar-refractivity contribution >= 4 is 5.91 Å². The summed E-state index contributed by atoms with van der Waals surface area (Å²) in [7, 11) is 0. The van der Waals surface area contributed by atoms with E-state index in [-0.39, 0.29) is 5.91 Å². The van der Waals surface area contributed by atoms with Crippen LogP contribution in [0.2, 0.25) is 0 Å². The van der Waals surface area contributed by atoms with Crippen LogP contribution < -0.4 is 5.32 Å². The summed E-state index contributed by atoms with van der Waals surface area (Å²) in [5.41, 5.74) is -0.702. The smallest absolute Gasteiger partial charge is 0.321 e. The number of nitrogens with one attached hydrogen (secondary N) is 1. The minimum atomic E-state index is -4.37. The van der Waals surface area contributed by atoms with E-state index in [1.807, 2.05) is 6.92 Å². The van der Waals surface area contributed by atoms with Gasteiger partial charge in [0.15, 0.2) is 0 Å². The molecule has 1 saturated heterocycles. The molecule has 3 nitrogen and oxygen atoms in total. The first-order valence-electron chi connectivity index (χ1n) is 7.13. The Kier molecular flexibility index (Phi) is 3.24. The van der Waals surface area contributed by atoms with Crippen molar-refractivity contribution in [3.05, 3.63) is 35.4 Å². The van der Waals surface area contributed by atoms with E-state index in [0.717, 1.165) is 31.4 Å². The van der Waals surface area contributed by atoms with E-state index in [0.29, 0.717) is 12.1 Å². The Bertz CT molecular complexity index is 566. The second-order valence-corrected chi connectivity index (χ2v) is 5.75. The van der Waals surface area contributed by atoms with E-state index in [1.165, 1.54) is 6.07 Å². The molecule has 3 rings (SSSR count). The molecule has 2 fully saturated rings. The van der Waals surface area contributed by atoms with Crippen molar-refractivity contribution in [3.8, 4) is 0 Å². The van der Waals surface area contributed by atoms with Crippen LogP contribution in [0.3, 0.4) is 0 Å². The third-order valence-electron chi connectivity index (χ3n) is 4.14. The van der Waals surface area contributed by atoms with Gasteiger partial charge < -0.3 is 4.90 Å². The summed E-state index contributed by atoms with van der Waals surface area (Å²) in [5.74, 6) is 0.0201. The molecule has 1 heterocycles. The number of benzene rings is 1. The minimum absolute atomic E-state index is 0.0201. The molecule has 1 atom stereocenters. The molecule has 0 aromatic heterocycles. The topological polar surface area (TPSA) is 32.3 Å². The van der Waals surface area contributed by atoms with E-state index in [9.17, 15) is 18.0 Å². The van der Waals surface area contributed by atoms with Crippen molar-refractivity contribution in [2.24, 2.45) is 0 Å². The van der Waals surface area contributed by atoms with Crippen LogP contribution in [0.25, 0.3) is 0 Å². The normalized spacial score (nSPS) is 23.9. The molecule has 1 amide bonds. The second-order valence-electron chi connectivity index (χ2n) is 5.75. The molecule has 1 aliphatic heterocycles. The number of hydrogen-bond donors (Lipinski definition) is 1. The molecule has 0 bridgehead atoms. The number of hydrogen-bond acceptors (Lipinski definition) is 2. The first-order valence-corrected chi connectivity index (χ1v) is 7.13. The molecule has 21 heavy (non-hydrogen) atoms. The highest BCUT2D eigenvalue weighted by molar-refractivity contribution is 5.92. The van der Waals surface area contributed by atoms with Crippen molar-refractivity contribution in [1.82, 2.24) is 10.2 Å². The summed E-state index contributed by atoms with van der Waals surface area (Å²) in [6, 6.07) is 5.23. The molecular formula is C15H17F3N2O. The van der Waals surface area contributed by atoms with Crippen LogP contribution in [0, 0.1) is 0 Å². The van der Waals surface area contributed by atoms with Gasteiger partial charge in [-0.1, -0.05) is 19.1 Å². The van der Waals surface area contributed by atoms with Gasteiger partial charge in [0, 0.05) is 6.54 Å². The molecule has 2 aliphatic rings. The summed E-state index contributed by atoms with van der Waals surface area (Å²) in [4.78, 5) is 14.1. The molecule has 114 valence electrons. The Morgan fingerprint density at radius 1 is 1.38 bits per heavy atom. The molecule has 0 radical (unpaired) electrons. The minimum Gasteiger partial charge on any atom is -0.321 e. The average Bonchev–Trinajstić information content (AvgIpc) is 3.17. The van der Waals surface area contributed by atoms with Gasteiger partial charge in [0.05, 0.1) is 5.56 Å². The van der Waals surface area contributed by atoms with Crippen LogP contribution in [-0.4, -0.2) is 22.9 Å². The van der Waals surface area contributed by atoms with Crippen molar-refractivity contribution in [2.45, 2.75) is 44.1 Å². The SMILES string of the molecule is CCCN1C(=O)C2(CC2)NC1c1cccc(C(F)(F)F)c1. The van der Waals surface area contributed by atoms with E-state index < -0.39 is 23.4 Å². The molecule has 1 aromatic rings. The summed E-state index contributed by atoms with van der Waals surface area (Å²) in [5, 5.41) is 3.23. The van der Waals surface area contributed by atoms with Gasteiger partial charge in [0.2, 0.25) is 5.91 Å². The molecular weight excluding hydrogens is 281 g/mol. The van der Waals surface area contributed by atoms with E-state index in [2.05, 4.69) is 5.32 Å². The van der Waals surface area contributed by atoms with E-state index in [1.54, 1.807) is 11.0 Å². The first-order chi connectivity index (χ1) is 9.87. The van der Waals surface area contributed by atoms with Crippen molar-refractivity contribution in [3.63, 3.8) is 0 Å². The monoisotopic (exact) mass is 298 g/mol. The first kappa shape index (κ1) is 14.4. The van der Waals surface area contributed by atoms with Crippen LogP contribution in [0.4, 0.5) is 13.2 Å². The number of nitrogens with zero attached hydrogens (tertiary/aromatic N) is 1. The van der Waals surface area contributed by atoms with Gasteiger partial charge in [-0.15, -0.1) is 0 Å². The summed E-state index contributed by atoms with van der Waals surface area (Å²) in [6.07, 6.45) is -2.52. The van der Waals surface area contributed by atoms with Gasteiger partial charge in [-0.3, -0.25) is 10.1 Å². The van der Waals surface area contributed by atoms with Gasteiger partial charge in [0.1, 0.15) is 11.7 Å². The fourth-order valence-corrected chi connectivity index (χ4v) is 2.90. The molecule has 1 unspecified atom stereocenters. The lowest BCUT2D eigenvalue weighted by Gasteiger charge is -2.24. The number of alkyl halides is 3. The lowest BCUT2D eigenvalue weighted by molar-refractivity contribution is -0.137. The predicted octanol–water partition coefficient (Wildman–Crippen LogP) is 3.08. The lowest BCUT2D eigenvalue weighted by Crippen LogP contribution is -2.32. The van der Waals surface area contributed by atoms with Crippen molar-refractivity contribution in [2.75, 3.05) is 6.54 Å². The Hall–Kier alpha value is -1.56. The Labute approximate surface area is 121 Å². The third-order valence-corrected chi connectivity index (χ3v) is 4.14. The predicted molar refractivity (Wildman–Crippen MR) is 71.3 cm³/mol. The molecule has 1 aromatic carbocycles. The van der Waals surface area contributed by atoms with E-state index >= 15 is 0 Å². The van der Waals surface area contributed by atoms with Crippen molar-refractivity contribution in [1.29, 1.82) is 0 Å². The number of rotatable bonds is 3. The van der Waals surface area contributed by atoms with Crippen LogP contribution in [0.15, 0.2) is 24.3 Å². The summed E-state index contributed by atoms with van der Waals surface area (Å²) in [6.45, 7) is 2.50. The Balaban J connectivity index is 1.93. The number of carbonyl (C=O) groups is 1. The second kappa shape index (κ2) is 4.73. The third kappa shape index (κ3) is 2.41. The largest absolute Gasteiger partial charge is 0.416 e. The van der Waals surface area contributed by atoms with Crippen LogP contribution in [0.5, 0.6) is 0 Å². The van der Waals surface area contributed by atoms with Gasteiger partial charge in [-0.25, -0.2) is 0 Å². The molecule has 1 spiro atoms. The number of amides is 1. The zero-order chi connectivity index (χ0) is 15.3. The van der Waals surface area contributed by atoms with Crippen LogP contribution in [-0.2, 0) is 11.0 Å². The van der Waals surface area contributed by atoms with Gasteiger partial charge in [-0.2, -0.15) is 13.2 Å². The number of carbonyl (C=O) groups excluding carboxylic acids is 1. The van der Waals surface area contributed by atoms with Gasteiger partial charge in [-0.05, 0) is 37.0 Å². The Morgan fingerprint density at radius 3 is 2.67 bits per heavy atom. The van der Waals surface area contributed by atoms with Gasteiger partial charge >= 0.3 is 6.18 Å². The van der Waals surface area contributed by atoms with Crippen LogP contribution >= 0.6 is 0 Å². The molecule has 1 saturated carbocycles. The standard InChI is InChI=1S/C15H17F3N2O/c1-2-8-20-12(19-14(6-7-14)13(20)21)10-4-3-5-11(9-10)15(16,17)18/h3-5,9,12,19H,2,6-8H2,1H3. The Morgan fingerprint density at radius 2 is 2.10 bits per heavy atom. The molecule has 1 aliphatic carbocycles. The maximum Gasteiger partial charge on any atom is 0.416 e. The maximum absolute atomic E-state index is 12.8. The zero-order valence-electron chi connectivity index (χ0n) is 11.7.